The average Bonchev–Trinajstić information content (AvgIpc) is 2.99. The molecule has 384 valence electrons. The molecule has 0 atom stereocenters. The number of anilines is 3. The van der Waals surface area contributed by atoms with Gasteiger partial charge >= 0.3 is 0 Å². The minimum absolute atomic E-state index is 0.505. The van der Waals surface area contributed by atoms with Crippen LogP contribution in [0.4, 0.5) is 17.1 Å². The molecule has 0 saturated heterocycles. The highest BCUT2D eigenvalue weighted by Crippen LogP contribution is 2.59. The van der Waals surface area contributed by atoms with Gasteiger partial charge in [0, 0.05) is 33.5 Å². The van der Waals surface area contributed by atoms with E-state index in [4.69, 9.17) is 0 Å². The molecule has 0 fully saturated rings. The highest BCUT2D eigenvalue weighted by molar-refractivity contribution is 6.10. The minimum Gasteiger partial charge on any atom is -0.310 e. The van der Waals surface area contributed by atoms with Gasteiger partial charge in [-0.15, -0.1) is 0 Å². The zero-order valence-corrected chi connectivity index (χ0v) is 45.1. The van der Waals surface area contributed by atoms with Crippen molar-refractivity contribution >= 4 is 38.9 Å². The molecule has 2 heteroatoms. The van der Waals surface area contributed by atoms with E-state index in [1.807, 2.05) is 0 Å². The van der Waals surface area contributed by atoms with E-state index in [0.717, 1.165) is 28.3 Å². The highest BCUT2D eigenvalue weighted by Gasteiger charge is 2.48. The molecule has 0 spiro atoms. The maximum absolute atomic E-state index is 2.48. The SMILES string of the molecule is c1ccc(-n2c3ccccc3c3cc(-c4ccc(-c5ccc(N(c6ccc7c(c6)-c6ccccc6C7(c6ccccc6)c6ccccc6)c6ccc7c(c6)C(c6ccccc6)(c6ccccc6)c6ccccc6-7)cc5)cc4)ccc32)cc1. The van der Waals surface area contributed by atoms with Gasteiger partial charge in [-0.3, -0.25) is 0 Å². The first-order valence-electron chi connectivity index (χ1n) is 28.5. The molecular formula is C80H54N2. The van der Waals surface area contributed by atoms with Gasteiger partial charge in [0.05, 0.1) is 21.9 Å². The first-order valence-corrected chi connectivity index (χ1v) is 28.5. The lowest BCUT2D eigenvalue weighted by Gasteiger charge is -2.35. The molecular weight excluding hydrogens is 989 g/mol. The summed E-state index contributed by atoms with van der Waals surface area (Å²) >= 11 is 0. The van der Waals surface area contributed by atoms with Gasteiger partial charge in [-0.2, -0.15) is 0 Å². The lowest BCUT2D eigenvalue weighted by Crippen LogP contribution is -2.28. The third kappa shape index (κ3) is 7.14. The summed E-state index contributed by atoms with van der Waals surface area (Å²) < 4.78 is 2.38. The van der Waals surface area contributed by atoms with Crippen LogP contribution in [-0.4, -0.2) is 4.57 Å². The van der Waals surface area contributed by atoms with Crippen molar-refractivity contribution in [2.45, 2.75) is 10.8 Å². The van der Waals surface area contributed by atoms with Crippen LogP contribution in [0.25, 0.3) is 72.0 Å². The molecule has 82 heavy (non-hydrogen) atoms. The lowest BCUT2D eigenvalue weighted by molar-refractivity contribution is 0.768. The van der Waals surface area contributed by atoms with Crippen LogP contribution in [-0.2, 0) is 10.8 Å². The van der Waals surface area contributed by atoms with E-state index in [2.05, 4.69) is 337 Å². The second-order valence-electron chi connectivity index (χ2n) is 21.9. The van der Waals surface area contributed by atoms with E-state index < -0.39 is 10.8 Å². The zero-order valence-electron chi connectivity index (χ0n) is 45.1. The monoisotopic (exact) mass is 1040 g/mol. The van der Waals surface area contributed by atoms with Crippen molar-refractivity contribution in [1.29, 1.82) is 0 Å². The smallest absolute Gasteiger partial charge is 0.0714 e. The summed E-state index contributed by atoms with van der Waals surface area (Å²) in [5, 5.41) is 2.50. The summed E-state index contributed by atoms with van der Waals surface area (Å²) in [5.74, 6) is 0. The third-order valence-electron chi connectivity index (χ3n) is 17.8. The number of fused-ring (bicyclic) bond motifs is 9. The number of nitrogens with zero attached hydrogens (tertiary/aromatic N) is 2. The van der Waals surface area contributed by atoms with Crippen molar-refractivity contribution in [1.82, 2.24) is 4.57 Å². The Morgan fingerprint density at radius 2 is 0.622 bits per heavy atom. The summed E-state index contributed by atoms with van der Waals surface area (Å²) in [7, 11) is 0. The van der Waals surface area contributed by atoms with Gasteiger partial charge < -0.3 is 9.47 Å². The normalized spacial score (nSPS) is 13.3. The summed E-state index contributed by atoms with van der Waals surface area (Å²) in [6.45, 7) is 0. The van der Waals surface area contributed by atoms with Crippen LogP contribution in [0.3, 0.4) is 0 Å². The predicted molar refractivity (Wildman–Crippen MR) is 341 cm³/mol. The third-order valence-corrected chi connectivity index (χ3v) is 17.8. The van der Waals surface area contributed by atoms with Crippen LogP contribution in [0.2, 0.25) is 0 Å². The second kappa shape index (κ2) is 19.1. The van der Waals surface area contributed by atoms with Crippen LogP contribution in [0, 0.1) is 0 Å². The van der Waals surface area contributed by atoms with Crippen molar-refractivity contribution in [2.75, 3.05) is 4.90 Å². The quantitative estimate of drug-likeness (QED) is 0.133. The largest absolute Gasteiger partial charge is 0.310 e. The van der Waals surface area contributed by atoms with Gasteiger partial charge in [-0.25, -0.2) is 0 Å². The van der Waals surface area contributed by atoms with Crippen LogP contribution >= 0.6 is 0 Å². The number of benzene rings is 13. The Bertz CT molecular complexity index is 4620. The molecule has 1 aromatic heterocycles. The van der Waals surface area contributed by atoms with Crippen LogP contribution in [0.15, 0.2) is 328 Å². The maximum Gasteiger partial charge on any atom is 0.0714 e. The van der Waals surface area contributed by atoms with E-state index in [1.165, 1.54) is 105 Å². The van der Waals surface area contributed by atoms with Crippen molar-refractivity contribution in [3.8, 4) is 50.2 Å². The maximum atomic E-state index is 2.48. The standard InChI is InChI=1S/C80H54N2/c1-6-22-59(23-7-1)79(60-24-8-2-9-25-60)74-36-20-17-33-68(74)71-53-65(48-50-75(71)79)81(66-47-49-69-67-32-16-19-35-73(67)80(76(69)54-66,61-26-10-3-11-27-61)62-28-12-4-13-29-62)64-45-42-56(43-46-64)55-38-40-57(41-39-55)58-44-51-78-72(52-58)70-34-18-21-37-77(70)82(78)63-30-14-5-15-31-63/h1-54H. The molecule has 1 heterocycles. The Balaban J connectivity index is 0.844. The summed E-state index contributed by atoms with van der Waals surface area (Å²) in [5.41, 5.74) is 25.6. The van der Waals surface area contributed by atoms with Crippen molar-refractivity contribution in [3.05, 3.63) is 372 Å². The Morgan fingerprint density at radius 3 is 1.21 bits per heavy atom. The second-order valence-corrected chi connectivity index (χ2v) is 21.9. The molecule has 0 aliphatic heterocycles. The summed E-state index contributed by atoms with van der Waals surface area (Å²) in [6.07, 6.45) is 0. The average molecular weight is 1040 g/mol. The van der Waals surface area contributed by atoms with Gasteiger partial charge in [-0.1, -0.05) is 261 Å². The van der Waals surface area contributed by atoms with Gasteiger partial charge in [0.1, 0.15) is 0 Å². The van der Waals surface area contributed by atoms with Gasteiger partial charge in [0.25, 0.3) is 0 Å². The first kappa shape index (κ1) is 47.5. The van der Waals surface area contributed by atoms with Crippen LogP contribution in [0.1, 0.15) is 44.5 Å². The number of aromatic nitrogens is 1. The molecule has 0 unspecified atom stereocenters. The molecule has 0 N–H and O–H groups in total. The lowest BCUT2D eigenvalue weighted by atomic mass is 9.67. The molecule has 13 aromatic carbocycles. The topological polar surface area (TPSA) is 8.17 Å². The fraction of sp³-hybridized carbons (Fsp3) is 0.0250. The molecule has 2 aliphatic carbocycles. The van der Waals surface area contributed by atoms with Gasteiger partial charge in [0.15, 0.2) is 0 Å². The number of rotatable bonds is 10. The number of hydrogen-bond acceptors (Lipinski definition) is 1. The van der Waals surface area contributed by atoms with Crippen molar-refractivity contribution in [2.24, 2.45) is 0 Å². The van der Waals surface area contributed by atoms with Crippen LogP contribution < -0.4 is 4.90 Å². The molecule has 0 saturated carbocycles. The van der Waals surface area contributed by atoms with E-state index >= 15 is 0 Å². The number of para-hydroxylation sites is 2. The van der Waals surface area contributed by atoms with Crippen LogP contribution in [0.5, 0.6) is 0 Å². The Kier molecular flexibility index (Phi) is 11.0. The molecule has 0 radical (unpaired) electrons. The van der Waals surface area contributed by atoms with E-state index in [9.17, 15) is 0 Å². The fourth-order valence-corrected chi connectivity index (χ4v) is 14.3. The molecule has 14 aromatic rings. The van der Waals surface area contributed by atoms with E-state index in [0.29, 0.717) is 0 Å². The Morgan fingerprint density at radius 1 is 0.232 bits per heavy atom. The van der Waals surface area contributed by atoms with Crippen molar-refractivity contribution < 1.29 is 0 Å². The molecule has 2 nitrogen and oxygen atoms in total. The van der Waals surface area contributed by atoms with E-state index in [-0.39, 0.29) is 0 Å². The van der Waals surface area contributed by atoms with Gasteiger partial charge in [-0.05, 0) is 156 Å². The molecule has 0 amide bonds. The molecule has 16 rings (SSSR count). The molecule has 2 aliphatic rings. The van der Waals surface area contributed by atoms with Crippen molar-refractivity contribution in [3.63, 3.8) is 0 Å². The molecule has 0 bridgehead atoms. The van der Waals surface area contributed by atoms with Gasteiger partial charge in [0.2, 0.25) is 0 Å². The zero-order chi connectivity index (χ0) is 54.2. The summed E-state index contributed by atoms with van der Waals surface area (Å²) in [6, 6.07) is 122. The summed E-state index contributed by atoms with van der Waals surface area (Å²) in [4.78, 5) is 2.48. The predicted octanol–water partition coefficient (Wildman–Crippen LogP) is 20.3. The fourth-order valence-electron chi connectivity index (χ4n) is 14.3. The first-order chi connectivity index (χ1) is 40.7. The van der Waals surface area contributed by atoms with E-state index in [1.54, 1.807) is 0 Å². The Labute approximate surface area is 478 Å². The highest BCUT2D eigenvalue weighted by atomic mass is 15.1. The number of hydrogen-bond donors (Lipinski definition) is 0. The minimum atomic E-state index is -0.555. The Hall–Kier alpha value is -10.5.